The van der Waals surface area contributed by atoms with Crippen molar-refractivity contribution in [3.8, 4) is 0 Å². The molecule has 1 atom stereocenters. The van der Waals surface area contributed by atoms with Crippen LogP contribution in [0.3, 0.4) is 0 Å². The molecule has 5 heteroatoms. The zero-order chi connectivity index (χ0) is 20.3. The van der Waals surface area contributed by atoms with E-state index in [0.717, 1.165) is 54.6 Å². The quantitative estimate of drug-likeness (QED) is 0.481. The van der Waals surface area contributed by atoms with Gasteiger partial charge >= 0.3 is 0 Å². The summed E-state index contributed by atoms with van der Waals surface area (Å²) in [6, 6.07) is 27.4. The van der Waals surface area contributed by atoms with Crippen LogP contribution in [-0.2, 0) is 13.1 Å². The van der Waals surface area contributed by atoms with Gasteiger partial charge in [0.05, 0.1) is 17.1 Å². The van der Waals surface area contributed by atoms with Crippen molar-refractivity contribution in [2.75, 3.05) is 19.6 Å². The minimum atomic E-state index is 0.213. The molecule has 1 N–H and O–H groups in total. The van der Waals surface area contributed by atoms with Gasteiger partial charge < -0.3 is 4.98 Å². The van der Waals surface area contributed by atoms with Crippen molar-refractivity contribution in [3.63, 3.8) is 0 Å². The first kappa shape index (κ1) is 19.3. The second kappa shape index (κ2) is 8.60. The lowest BCUT2D eigenvalue weighted by atomic mass is 10.1. The average molecular weight is 417 g/mol. The van der Waals surface area contributed by atoms with Crippen LogP contribution < -0.4 is 0 Å². The fourth-order valence-corrected chi connectivity index (χ4v) is 4.39. The number of H-pyrrole nitrogens is 1. The molecular formula is C25H25ClN4. The molecule has 0 bridgehead atoms. The summed E-state index contributed by atoms with van der Waals surface area (Å²) in [5.74, 6) is 1.04. The molecule has 0 aliphatic carbocycles. The maximum Gasteiger partial charge on any atom is 0.126 e. The number of hydrogen-bond donors (Lipinski definition) is 1. The van der Waals surface area contributed by atoms with Crippen LogP contribution in [0, 0.1) is 0 Å². The zero-order valence-electron chi connectivity index (χ0n) is 16.8. The van der Waals surface area contributed by atoms with Crippen molar-refractivity contribution >= 4 is 22.6 Å². The van der Waals surface area contributed by atoms with Crippen LogP contribution in [0.5, 0.6) is 0 Å². The first-order valence-electron chi connectivity index (χ1n) is 10.4. The van der Waals surface area contributed by atoms with E-state index in [9.17, 15) is 0 Å². The Morgan fingerprint density at radius 2 is 1.57 bits per heavy atom. The number of para-hydroxylation sites is 2. The van der Waals surface area contributed by atoms with Crippen molar-refractivity contribution in [2.45, 2.75) is 19.1 Å². The molecule has 1 aliphatic rings. The monoisotopic (exact) mass is 416 g/mol. The van der Waals surface area contributed by atoms with Crippen LogP contribution in [0.1, 0.15) is 23.0 Å². The summed E-state index contributed by atoms with van der Waals surface area (Å²) >= 11 is 6.08. The predicted molar refractivity (Wildman–Crippen MR) is 122 cm³/mol. The second-order valence-corrected chi connectivity index (χ2v) is 8.41. The highest BCUT2D eigenvalue weighted by molar-refractivity contribution is 6.30. The summed E-state index contributed by atoms with van der Waals surface area (Å²) in [5.41, 5.74) is 4.75. The van der Waals surface area contributed by atoms with Gasteiger partial charge in [-0.15, -0.1) is 0 Å². The summed E-state index contributed by atoms with van der Waals surface area (Å²) < 4.78 is 0. The summed E-state index contributed by atoms with van der Waals surface area (Å²) in [6.45, 7) is 4.84. The second-order valence-electron chi connectivity index (χ2n) is 7.97. The number of benzene rings is 3. The molecule has 0 amide bonds. The van der Waals surface area contributed by atoms with Crippen LogP contribution in [0.25, 0.3) is 11.0 Å². The van der Waals surface area contributed by atoms with Crippen LogP contribution in [0.15, 0.2) is 78.9 Å². The molecule has 2 heterocycles. The molecule has 5 rings (SSSR count). The molecule has 4 aromatic rings. The Morgan fingerprint density at radius 3 is 2.37 bits per heavy atom. The normalized spacial score (nSPS) is 18.1. The van der Waals surface area contributed by atoms with E-state index in [1.165, 1.54) is 11.1 Å². The first-order chi connectivity index (χ1) is 14.7. The molecule has 1 saturated heterocycles. The number of hydrogen-bond acceptors (Lipinski definition) is 3. The number of aromatic amines is 1. The Bertz CT molecular complexity index is 1070. The standard InChI is InChI=1S/C25H25ClN4/c26-21-12-10-20(11-13-21)17-30-15-14-29(16-19-6-2-1-3-7-19)18-24(30)25-27-22-8-4-5-9-23(22)28-25/h1-13,24H,14-18H2,(H,27,28). The fraction of sp³-hybridized carbons (Fsp3) is 0.240. The first-order valence-corrected chi connectivity index (χ1v) is 10.8. The van der Waals surface area contributed by atoms with E-state index < -0.39 is 0 Å². The predicted octanol–water partition coefficient (Wildman–Crippen LogP) is 5.28. The largest absolute Gasteiger partial charge is 0.341 e. The van der Waals surface area contributed by atoms with Crippen LogP contribution in [0.4, 0.5) is 0 Å². The highest BCUT2D eigenvalue weighted by Crippen LogP contribution is 2.28. The minimum absolute atomic E-state index is 0.213. The summed E-state index contributed by atoms with van der Waals surface area (Å²) in [7, 11) is 0. The van der Waals surface area contributed by atoms with Crippen molar-refractivity contribution < 1.29 is 0 Å². The SMILES string of the molecule is Clc1ccc(CN2CCN(Cc3ccccc3)CC2c2nc3ccccc3[nH]2)cc1. The van der Waals surface area contributed by atoms with E-state index in [1.807, 2.05) is 18.2 Å². The van der Waals surface area contributed by atoms with Gasteiger partial charge in [0, 0.05) is 37.7 Å². The molecule has 1 aliphatic heterocycles. The Balaban J connectivity index is 1.41. The Morgan fingerprint density at radius 1 is 0.833 bits per heavy atom. The average Bonchev–Trinajstić information content (AvgIpc) is 3.21. The third kappa shape index (κ3) is 4.26. The van der Waals surface area contributed by atoms with E-state index in [0.29, 0.717) is 0 Å². The highest BCUT2D eigenvalue weighted by atomic mass is 35.5. The molecule has 30 heavy (non-hydrogen) atoms. The molecule has 152 valence electrons. The molecule has 3 aromatic carbocycles. The maximum atomic E-state index is 6.08. The smallest absolute Gasteiger partial charge is 0.126 e. The van der Waals surface area contributed by atoms with Crippen LogP contribution in [-0.4, -0.2) is 39.4 Å². The molecule has 4 nitrogen and oxygen atoms in total. The number of nitrogens with zero attached hydrogens (tertiary/aromatic N) is 3. The van der Waals surface area contributed by atoms with E-state index in [-0.39, 0.29) is 6.04 Å². The lowest BCUT2D eigenvalue weighted by Gasteiger charge is -2.40. The Labute approximate surface area is 182 Å². The lowest BCUT2D eigenvalue weighted by Crippen LogP contribution is -2.47. The topological polar surface area (TPSA) is 35.2 Å². The number of nitrogens with one attached hydrogen (secondary N) is 1. The lowest BCUT2D eigenvalue weighted by molar-refractivity contribution is 0.0597. The number of fused-ring (bicyclic) bond motifs is 1. The molecule has 1 aromatic heterocycles. The fourth-order valence-electron chi connectivity index (χ4n) is 4.27. The van der Waals surface area contributed by atoms with E-state index in [1.54, 1.807) is 0 Å². The molecule has 1 unspecified atom stereocenters. The molecule has 0 saturated carbocycles. The molecule has 0 spiro atoms. The number of aromatic nitrogens is 2. The van der Waals surface area contributed by atoms with Gasteiger partial charge in [0.1, 0.15) is 5.82 Å². The number of halogens is 1. The summed E-state index contributed by atoms with van der Waals surface area (Å²) in [4.78, 5) is 13.6. The van der Waals surface area contributed by atoms with Crippen LogP contribution >= 0.6 is 11.6 Å². The Kier molecular flexibility index (Phi) is 5.54. The zero-order valence-corrected chi connectivity index (χ0v) is 17.6. The molecule has 1 fully saturated rings. The highest BCUT2D eigenvalue weighted by Gasteiger charge is 2.30. The minimum Gasteiger partial charge on any atom is -0.341 e. The van der Waals surface area contributed by atoms with Gasteiger partial charge in [-0.05, 0) is 35.4 Å². The van der Waals surface area contributed by atoms with Crippen molar-refractivity contribution in [1.29, 1.82) is 0 Å². The van der Waals surface area contributed by atoms with Gasteiger partial charge in [-0.2, -0.15) is 0 Å². The molecule has 0 radical (unpaired) electrons. The molecular weight excluding hydrogens is 392 g/mol. The van der Waals surface area contributed by atoms with Gasteiger partial charge in [-0.1, -0.05) is 66.2 Å². The van der Waals surface area contributed by atoms with Crippen molar-refractivity contribution in [3.05, 3.63) is 101 Å². The van der Waals surface area contributed by atoms with E-state index >= 15 is 0 Å². The maximum absolute atomic E-state index is 6.08. The van der Waals surface area contributed by atoms with Gasteiger partial charge in [-0.25, -0.2) is 4.98 Å². The van der Waals surface area contributed by atoms with Gasteiger partial charge in [-0.3, -0.25) is 9.80 Å². The van der Waals surface area contributed by atoms with E-state index in [4.69, 9.17) is 16.6 Å². The number of rotatable bonds is 5. The van der Waals surface area contributed by atoms with Crippen molar-refractivity contribution in [1.82, 2.24) is 19.8 Å². The third-order valence-electron chi connectivity index (χ3n) is 5.85. The van der Waals surface area contributed by atoms with Gasteiger partial charge in [0.15, 0.2) is 0 Å². The third-order valence-corrected chi connectivity index (χ3v) is 6.10. The van der Waals surface area contributed by atoms with Crippen molar-refractivity contribution in [2.24, 2.45) is 0 Å². The van der Waals surface area contributed by atoms with Crippen LogP contribution in [0.2, 0.25) is 5.02 Å². The van der Waals surface area contributed by atoms with Gasteiger partial charge in [0.2, 0.25) is 0 Å². The number of piperazine rings is 1. The van der Waals surface area contributed by atoms with E-state index in [2.05, 4.69) is 75.4 Å². The van der Waals surface area contributed by atoms with Gasteiger partial charge in [0.25, 0.3) is 0 Å². The number of imidazole rings is 1. The Hall–Kier alpha value is -2.66. The summed E-state index contributed by atoms with van der Waals surface area (Å²) in [6.07, 6.45) is 0. The summed E-state index contributed by atoms with van der Waals surface area (Å²) in [5, 5.41) is 0.778.